The zero-order chi connectivity index (χ0) is 17.3. The first kappa shape index (κ1) is 17.3. The fourth-order valence-corrected chi connectivity index (χ4v) is 4.31. The highest BCUT2D eigenvalue weighted by Gasteiger charge is 2.34. The molecule has 0 aliphatic carbocycles. The maximum atomic E-state index is 14.1. The molecule has 1 aliphatic rings. The average molecular weight is 370 g/mol. The number of benzene rings is 1. The van der Waals surface area contributed by atoms with Crippen molar-refractivity contribution < 1.29 is 12.8 Å². The molecule has 0 saturated carbocycles. The largest absolute Gasteiger partial charge is 0.297 e. The highest BCUT2D eigenvalue weighted by molar-refractivity contribution is 7.89. The first-order chi connectivity index (χ1) is 11.4. The van der Waals surface area contributed by atoms with Crippen LogP contribution < -0.4 is 0 Å². The van der Waals surface area contributed by atoms with E-state index in [0.29, 0.717) is 18.7 Å². The van der Waals surface area contributed by atoms with Gasteiger partial charge < -0.3 is 0 Å². The van der Waals surface area contributed by atoms with Crippen molar-refractivity contribution in [3.8, 4) is 0 Å². The second-order valence-corrected chi connectivity index (χ2v) is 8.02. The van der Waals surface area contributed by atoms with E-state index < -0.39 is 10.0 Å². The van der Waals surface area contributed by atoms with E-state index >= 15 is 0 Å². The molecule has 1 aromatic heterocycles. The standard InChI is InChI=1S/C16H17ClFN3O2S/c1-20-8-9-21(11-15(20)13-4-2-3-5-14(13)18)24(22,23)12-6-7-16(17)19-10-12/h2-7,10,15H,8-9,11H2,1H3. The van der Waals surface area contributed by atoms with Gasteiger partial charge in [0.25, 0.3) is 0 Å². The molecule has 1 atom stereocenters. The quantitative estimate of drug-likeness (QED) is 0.780. The Bertz CT molecular complexity index is 829. The van der Waals surface area contributed by atoms with Crippen LogP contribution in [-0.4, -0.2) is 49.3 Å². The summed E-state index contributed by atoms with van der Waals surface area (Å²) >= 11 is 5.72. The van der Waals surface area contributed by atoms with Crippen molar-refractivity contribution in [1.82, 2.24) is 14.2 Å². The average Bonchev–Trinajstić information content (AvgIpc) is 2.56. The third-order valence-corrected chi connectivity index (χ3v) is 6.29. The van der Waals surface area contributed by atoms with Crippen LogP contribution in [0.1, 0.15) is 11.6 Å². The smallest absolute Gasteiger partial charge is 0.244 e. The van der Waals surface area contributed by atoms with Crippen LogP contribution >= 0.6 is 11.6 Å². The van der Waals surface area contributed by atoms with Crippen LogP contribution in [0.4, 0.5) is 4.39 Å². The molecule has 1 aliphatic heterocycles. The maximum absolute atomic E-state index is 14.1. The van der Waals surface area contributed by atoms with E-state index in [4.69, 9.17) is 11.6 Å². The Labute approximate surface area is 145 Å². The van der Waals surface area contributed by atoms with E-state index in [1.807, 2.05) is 11.9 Å². The van der Waals surface area contributed by atoms with Crippen LogP contribution in [0.5, 0.6) is 0 Å². The number of rotatable bonds is 3. The van der Waals surface area contributed by atoms with E-state index in [-0.39, 0.29) is 28.5 Å². The van der Waals surface area contributed by atoms with Gasteiger partial charge in [0.2, 0.25) is 10.0 Å². The second-order valence-electron chi connectivity index (χ2n) is 5.70. The van der Waals surface area contributed by atoms with Gasteiger partial charge in [-0.05, 0) is 25.2 Å². The van der Waals surface area contributed by atoms with Crippen molar-refractivity contribution in [2.45, 2.75) is 10.9 Å². The third-order valence-electron chi connectivity index (χ3n) is 4.21. The highest BCUT2D eigenvalue weighted by Crippen LogP contribution is 2.29. The molecule has 5 nitrogen and oxygen atoms in total. The van der Waals surface area contributed by atoms with Gasteiger partial charge in [-0.3, -0.25) is 4.90 Å². The number of halogens is 2. The summed E-state index contributed by atoms with van der Waals surface area (Å²) in [6.45, 7) is 1.04. The molecule has 2 heterocycles. The van der Waals surface area contributed by atoms with Crippen molar-refractivity contribution in [1.29, 1.82) is 0 Å². The Hall–Kier alpha value is -1.54. The normalized spacial score (nSPS) is 20.2. The minimum absolute atomic E-state index is 0.0868. The zero-order valence-corrected chi connectivity index (χ0v) is 14.6. The molecule has 128 valence electrons. The monoisotopic (exact) mass is 369 g/mol. The van der Waals surface area contributed by atoms with Gasteiger partial charge in [-0.25, -0.2) is 17.8 Å². The number of hydrogen-bond donors (Lipinski definition) is 0. The molecule has 2 aromatic rings. The predicted molar refractivity (Wildman–Crippen MR) is 89.8 cm³/mol. The van der Waals surface area contributed by atoms with Gasteiger partial charge in [-0.1, -0.05) is 29.8 Å². The molecule has 0 bridgehead atoms. The van der Waals surface area contributed by atoms with Gasteiger partial charge in [0.05, 0.1) is 6.04 Å². The predicted octanol–water partition coefficient (Wildman–Crippen LogP) is 2.55. The van der Waals surface area contributed by atoms with Gasteiger partial charge in [0.1, 0.15) is 15.9 Å². The number of pyridine rings is 1. The molecule has 0 N–H and O–H groups in total. The van der Waals surface area contributed by atoms with Crippen molar-refractivity contribution in [3.63, 3.8) is 0 Å². The lowest BCUT2D eigenvalue weighted by Crippen LogP contribution is -2.49. The molecule has 3 rings (SSSR count). The van der Waals surface area contributed by atoms with Crippen molar-refractivity contribution in [2.75, 3.05) is 26.7 Å². The summed E-state index contributed by atoms with van der Waals surface area (Å²) in [5, 5.41) is 0.233. The number of sulfonamides is 1. The molecule has 0 amide bonds. The summed E-state index contributed by atoms with van der Waals surface area (Å²) in [7, 11) is -1.83. The number of aromatic nitrogens is 1. The van der Waals surface area contributed by atoms with Crippen molar-refractivity contribution in [3.05, 3.63) is 59.1 Å². The summed E-state index contributed by atoms with van der Waals surface area (Å²) in [6.07, 6.45) is 1.24. The second kappa shape index (κ2) is 6.76. The molecule has 1 fully saturated rings. The van der Waals surface area contributed by atoms with Crippen LogP contribution in [0, 0.1) is 5.82 Å². The Kier molecular flexibility index (Phi) is 4.87. The third kappa shape index (κ3) is 3.30. The van der Waals surface area contributed by atoms with Crippen LogP contribution in [0.25, 0.3) is 0 Å². The van der Waals surface area contributed by atoms with Gasteiger partial charge in [-0.15, -0.1) is 0 Å². The van der Waals surface area contributed by atoms with E-state index in [1.54, 1.807) is 18.2 Å². The van der Waals surface area contributed by atoms with E-state index in [2.05, 4.69) is 4.98 Å². The summed E-state index contributed by atoms with van der Waals surface area (Å²) in [4.78, 5) is 5.89. The maximum Gasteiger partial charge on any atom is 0.244 e. The first-order valence-corrected chi connectivity index (χ1v) is 9.28. The first-order valence-electron chi connectivity index (χ1n) is 7.46. The lowest BCUT2D eigenvalue weighted by molar-refractivity contribution is 0.145. The van der Waals surface area contributed by atoms with Crippen LogP contribution in [0.2, 0.25) is 5.15 Å². The fraction of sp³-hybridized carbons (Fsp3) is 0.312. The number of likely N-dealkylation sites (N-methyl/N-ethyl adjacent to an activating group) is 1. The van der Waals surface area contributed by atoms with Gasteiger partial charge >= 0.3 is 0 Å². The summed E-state index contributed by atoms with van der Waals surface area (Å²) in [5.74, 6) is -0.332. The molecular formula is C16H17ClFN3O2S. The minimum Gasteiger partial charge on any atom is -0.297 e. The molecule has 1 aromatic carbocycles. The summed E-state index contributed by atoms with van der Waals surface area (Å²) in [6, 6.07) is 8.99. The lowest BCUT2D eigenvalue weighted by Gasteiger charge is -2.39. The minimum atomic E-state index is -3.69. The van der Waals surface area contributed by atoms with E-state index in [0.717, 1.165) is 0 Å². The SMILES string of the molecule is CN1CCN(S(=O)(=O)c2ccc(Cl)nc2)CC1c1ccccc1F. The summed E-state index contributed by atoms with van der Waals surface area (Å²) < 4.78 is 41.1. The number of hydrogen-bond acceptors (Lipinski definition) is 4. The molecular weight excluding hydrogens is 353 g/mol. The van der Waals surface area contributed by atoms with E-state index in [1.165, 1.54) is 28.7 Å². The zero-order valence-electron chi connectivity index (χ0n) is 13.1. The number of nitrogens with zero attached hydrogens (tertiary/aromatic N) is 3. The lowest BCUT2D eigenvalue weighted by atomic mass is 10.0. The van der Waals surface area contributed by atoms with Gasteiger partial charge in [-0.2, -0.15) is 4.31 Å². The van der Waals surface area contributed by atoms with E-state index in [9.17, 15) is 12.8 Å². The topological polar surface area (TPSA) is 53.5 Å². The van der Waals surface area contributed by atoms with Gasteiger partial charge in [0.15, 0.2) is 0 Å². The Morgan fingerprint density at radius 1 is 1.21 bits per heavy atom. The van der Waals surface area contributed by atoms with Gasteiger partial charge in [0, 0.05) is 31.4 Å². The molecule has 1 saturated heterocycles. The molecule has 0 radical (unpaired) electrons. The number of piperazine rings is 1. The van der Waals surface area contributed by atoms with Crippen molar-refractivity contribution >= 4 is 21.6 Å². The Morgan fingerprint density at radius 3 is 2.62 bits per heavy atom. The highest BCUT2D eigenvalue weighted by atomic mass is 35.5. The summed E-state index contributed by atoms with van der Waals surface area (Å²) in [5.41, 5.74) is 0.495. The molecule has 24 heavy (non-hydrogen) atoms. The van der Waals surface area contributed by atoms with Crippen LogP contribution in [0.15, 0.2) is 47.5 Å². The molecule has 1 unspecified atom stereocenters. The van der Waals surface area contributed by atoms with Crippen molar-refractivity contribution in [2.24, 2.45) is 0 Å². The molecule has 0 spiro atoms. The van der Waals surface area contributed by atoms with Crippen LogP contribution in [-0.2, 0) is 10.0 Å². The Morgan fingerprint density at radius 2 is 1.96 bits per heavy atom. The van der Waals surface area contributed by atoms with Crippen LogP contribution in [0.3, 0.4) is 0 Å². The fourth-order valence-electron chi connectivity index (χ4n) is 2.81. The Balaban J connectivity index is 1.90. The molecule has 8 heteroatoms.